The van der Waals surface area contributed by atoms with Crippen LogP contribution in [-0.4, -0.2) is 41.7 Å². The van der Waals surface area contributed by atoms with Crippen LogP contribution in [0.5, 0.6) is 5.75 Å². The lowest BCUT2D eigenvalue weighted by Crippen LogP contribution is -2.48. The molecule has 1 aliphatic rings. The number of carbonyl (C=O) groups is 1. The van der Waals surface area contributed by atoms with Gasteiger partial charge in [0.15, 0.2) is 0 Å². The van der Waals surface area contributed by atoms with Crippen LogP contribution in [0.1, 0.15) is 42.9 Å². The average molecular weight is 458 g/mol. The van der Waals surface area contributed by atoms with Crippen molar-refractivity contribution in [2.24, 2.45) is 0 Å². The van der Waals surface area contributed by atoms with Gasteiger partial charge in [0.25, 0.3) is 0 Å². The first-order chi connectivity index (χ1) is 16.6. The zero-order valence-corrected chi connectivity index (χ0v) is 20.0. The highest BCUT2D eigenvalue weighted by Crippen LogP contribution is 2.40. The summed E-state index contributed by atoms with van der Waals surface area (Å²) in [6, 6.07) is 27.9. The van der Waals surface area contributed by atoms with Crippen molar-refractivity contribution in [3.63, 3.8) is 0 Å². The molecular weight excluding hydrogens is 422 g/mol. The summed E-state index contributed by atoms with van der Waals surface area (Å²) in [7, 11) is 0. The standard InChI is InChI=1S/C30H35NO3/c1-2-30(26-15-9-16-27(32)22-26)23-31(20-18-24-11-5-3-6-12-24)19-10-17-28(30)34-29(33)21-25-13-7-4-8-14-25/h3-9,11-16,22,28,32H,2,10,17-21,23H2,1H3. The maximum Gasteiger partial charge on any atom is 0.310 e. The molecule has 4 rings (SSSR count). The smallest absolute Gasteiger partial charge is 0.310 e. The van der Waals surface area contributed by atoms with Gasteiger partial charge in [-0.2, -0.15) is 0 Å². The van der Waals surface area contributed by atoms with Crippen molar-refractivity contribution < 1.29 is 14.6 Å². The first-order valence-corrected chi connectivity index (χ1v) is 12.4. The van der Waals surface area contributed by atoms with E-state index in [4.69, 9.17) is 4.74 Å². The normalized spacial score (nSPS) is 21.0. The summed E-state index contributed by atoms with van der Waals surface area (Å²) in [4.78, 5) is 15.5. The number of rotatable bonds is 8. The van der Waals surface area contributed by atoms with Crippen molar-refractivity contribution in [2.75, 3.05) is 19.6 Å². The van der Waals surface area contributed by atoms with Gasteiger partial charge in [-0.25, -0.2) is 0 Å². The lowest BCUT2D eigenvalue weighted by molar-refractivity contribution is -0.152. The van der Waals surface area contributed by atoms with E-state index in [0.29, 0.717) is 0 Å². The molecule has 34 heavy (non-hydrogen) atoms. The van der Waals surface area contributed by atoms with Crippen molar-refractivity contribution in [3.8, 4) is 5.75 Å². The van der Waals surface area contributed by atoms with Crippen LogP contribution in [-0.2, 0) is 27.8 Å². The van der Waals surface area contributed by atoms with Gasteiger partial charge in [-0.15, -0.1) is 0 Å². The van der Waals surface area contributed by atoms with Crippen LogP contribution in [0.3, 0.4) is 0 Å². The van der Waals surface area contributed by atoms with Crippen molar-refractivity contribution in [3.05, 3.63) is 102 Å². The summed E-state index contributed by atoms with van der Waals surface area (Å²) in [5, 5.41) is 10.3. The maximum atomic E-state index is 13.0. The van der Waals surface area contributed by atoms with Crippen LogP contribution < -0.4 is 0 Å². The third-order valence-electron chi connectivity index (χ3n) is 7.14. The molecular formula is C30H35NO3. The van der Waals surface area contributed by atoms with Crippen LogP contribution >= 0.6 is 0 Å². The Bertz CT molecular complexity index is 1050. The SMILES string of the molecule is CCC1(c2cccc(O)c2)CN(CCc2ccccc2)CCCC1OC(=O)Cc1ccccc1. The van der Waals surface area contributed by atoms with Crippen molar-refractivity contribution in [2.45, 2.75) is 50.5 Å². The second-order valence-electron chi connectivity index (χ2n) is 9.35. The van der Waals surface area contributed by atoms with Gasteiger partial charge in [-0.05, 0) is 61.1 Å². The molecule has 0 aliphatic carbocycles. The van der Waals surface area contributed by atoms with Crippen LogP contribution in [0, 0.1) is 0 Å². The summed E-state index contributed by atoms with van der Waals surface area (Å²) in [6.45, 7) is 4.89. The second-order valence-corrected chi connectivity index (χ2v) is 9.35. The highest BCUT2D eigenvalue weighted by Gasteiger charge is 2.44. The fourth-order valence-corrected chi connectivity index (χ4v) is 5.25. The molecule has 0 bridgehead atoms. The molecule has 0 aromatic heterocycles. The fraction of sp³-hybridized carbons (Fsp3) is 0.367. The Hall–Kier alpha value is -3.11. The van der Waals surface area contributed by atoms with E-state index in [0.717, 1.165) is 56.4 Å². The first-order valence-electron chi connectivity index (χ1n) is 12.4. The van der Waals surface area contributed by atoms with Gasteiger partial charge >= 0.3 is 5.97 Å². The average Bonchev–Trinajstić information content (AvgIpc) is 3.03. The quantitative estimate of drug-likeness (QED) is 0.452. The molecule has 1 heterocycles. The van der Waals surface area contributed by atoms with Gasteiger partial charge < -0.3 is 14.7 Å². The number of hydrogen-bond acceptors (Lipinski definition) is 4. The van der Waals surface area contributed by atoms with E-state index in [1.807, 2.05) is 48.5 Å². The van der Waals surface area contributed by atoms with Crippen molar-refractivity contribution >= 4 is 5.97 Å². The zero-order chi connectivity index (χ0) is 23.8. The highest BCUT2D eigenvalue weighted by molar-refractivity contribution is 5.73. The van der Waals surface area contributed by atoms with E-state index in [2.05, 4.69) is 42.2 Å². The molecule has 4 heteroatoms. The third kappa shape index (κ3) is 5.87. The number of benzene rings is 3. The Morgan fingerprint density at radius 1 is 1.00 bits per heavy atom. The fourth-order valence-electron chi connectivity index (χ4n) is 5.25. The number of nitrogens with zero attached hydrogens (tertiary/aromatic N) is 1. The monoisotopic (exact) mass is 457 g/mol. The second kappa shape index (κ2) is 11.3. The molecule has 3 aromatic carbocycles. The number of esters is 1. The topological polar surface area (TPSA) is 49.8 Å². The van der Waals surface area contributed by atoms with Gasteiger partial charge in [0.2, 0.25) is 0 Å². The van der Waals surface area contributed by atoms with Gasteiger partial charge in [0, 0.05) is 18.5 Å². The number of aromatic hydroxyl groups is 1. The molecule has 1 aliphatic heterocycles. The molecule has 0 amide bonds. The van der Waals surface area contributed by atoms with Gasteiger partial charge in [0.1, 0.15) is 11.9 Å². The van der Waals surface area contributed by atoms with Crippen LogP contribution in [0.25, 0.3) is 0 Å². The lowest BCUT2D eigenvalue weighted by Gasteiger charge is -2.41. The van der Waals surface area contributed by atoms with Crippen LogP contribution in [0.15, 0.2) is 84.9 Å². The first kappa shape index (κ1) is 24.0. The minimum atomic E-state index is -0.377. The molecule has 1 fully saturated rings. The molecule has 4 nitrogen and oxygen atoms in total. The minimum absolute atomic E-state index is 0.188. The van der Waals surface area contributed by atoms with Gasteiger partial charge in [-0.1, -0.05) is 79.7 Å². The Balaban J connectivity index is 1.58. The summed E-state index contributed by atoms with van der Waals surface area (Å²) < 4.78 is 6.24. The summed E-state index contributed by atoms with van der Waals surface area (Å²) in [6.07, 6.45) is 3.62. The number of hydrogen-bond donors (Lipinski definition) is 1. The van der Waals surface area contributed by atoms with E-state index in [1.54, 1.807) is 6.07 Å². The largest absolute Gasteiger partial charge is 0.508 e. The highest BCUT2D eigenvalue weighted by atomic mass is 16.5. The molecule has 0 spiro atoms. The number of likely N-dealkylation sites (tertiary alicyclic amines) is 1. The molecule has 2 unspecified atom stereocenters. The molecule has 1 saturated heterocycles. The Labute approximate surface area is 203 Å². The van der Waals surface area contributed by atoms with Crippen LogP contribution in [0.2, 0.25) is 0 Å². The number of phenolic OH excluding ortho intramolecular Hbond substituents is 1. The number of ether oxygens (including phenoxy) is 1. The Morgan fingerprint density at radius 2 is 1.71 bits per heavy atom. The zero-order valence-electron chi connectivity index (χ0n) is 20.0. The Kier molecular flexibility index (Phi) is 8.02. The molecule has 3 aromatic rings. The molecule has 1 N–H and O–H groups in total. The maximum absolute atomic E-state index is 13.0. The summed E-state index contributed by atoms with van der Waals surface area (Å²) >= 11 is 0. The number of phenols is 1. The molecule has 178 valence electrons. The number of carbonyl (C=O) groups excluding carboxylic acids is 1. The van der Waals surface area contributed by atoms with E-state index >= 15 is 0 Å². The summed E-state index contributed by atoms with van der Waals surface area (Å²) in [5.41, 5.74) is 2.96. The lowest BCUT2D eigenvalue weighted by atomic mass is 9.72. The van der Waals surface area contributed by atoms with Gasteiger partial charge in [-0.3, -0.25) is 4.79 Å². The minimum Gasteiger partial charge on any atom is -0.508 e. The molecule has 2 atom stereocenters. The van der Waals surface area contributed by atoms with Gasteiger partial charge in [0.05, 0.1) is 6.42 Å². The van der Waals surface area contributed by atoms with E-state index in [9.17, 15) is 9.90 Å². The predicted molar refractivity (Wildman–Crippen MR) is 136 cm³/mol. The Morgan fingerprint density at radius 3 is 2.38 bits per heavy atom. The molecule has 0 radical (unpaired) electrons. The van der Waals surface area contributed by atoms with E-state index in [-0.39, 0.29) is 29.7 Å². The van der Waals surface area contributed by atoms with E-state index in [1.165, 1.54) is 5.56 Å². The van der Waals surface area contributed by atoms with Crippen molar-refractivity contribution in [1.29, 1.82) is 0 Å². The van der Waals surface area contributed by atoms with Crippen LogP contribution in [0.4, 0.5) is 0 Å². The predicted octanol–water partition coefficient (Wildman–Crippen LogP) is 5.53. The molecule has 0 saturated carbocycles. The summed E-state index contributed by atoms with van der Waals surface area (Å²) in [5.74, 6) is 0.0617. The third-order valence-corrected chi connectivity index (χ3v) is 7.14. The van der Waals surface area contributed by atoms with E-state index < -0.39 is 0 Å². The van der Waals surface area contributed by atoms with Crippen molar-refractivity contribution in [1.82, 2.24) is 4.90 Å².